The molecule has 0 amide bonds. The van der Waals surface area contributed by atoms with Crippen molar-refractivity contribution in [1.29, 1.82) is 5.26 Å². The fourth-order valence-electron chi connectivity index (χ4n) is 5.16. The molecule has 2 heterocycles. The van der Waals surface area contributed by atoms with E-state index in [1.807, 2.05) is 38.4 Å². The van der Waals surface area contributed by atoms with Gasteiger partial charge >= 0.3 is 5.69 Å². The summed E-state index contributed by atoms with van der Waals surface area (Å²) < 4.78 is 37.6. The summed E-state index contributed by atoms with van der Waals surface area (Å²) in [5.74, 6) is -0.170. The molecule has 3 fully saturated rings. The first-order valence-electron chi connectivity index (χ1n) is 11.2. The van der Waals surface area contributed by atoms with E-state index in [4.69, 9.17) is 19.0 Å². The molecule has 1 aromatic rings. The molecule has 3 aliphatic rings. The van der Waals surface area contributed by atoms with Crippen LogP contribution in [0.4, 0.5) is 4.39 Å². The summed E-state index contributed by atoms with van der Waals surface area (Å²) in [7, 11) is -1.81. The Hall–Kier alpha value is -1.67. The van der Waals surface area contributed by atoms with Gasteiger partial charge in [-0.3, -0.25) is 14.3 Å². The fourth-order valence-corrected chi connectivity index (χ4v) is 7.00. The third kappa shape index (κ3) is 4.07. The van der Waals surface area contributed by atoms with Gasteiger partial charge in [0.1, 0.15) is 11.7 Å². The van der Waals surface area contributed by atoms with E-state index in [9.17, 15) is 14.7 Å². The Morgan fingerprint density at radius 2 is 2.09 bits per heavy atom. The van der Waals surface area contributed by atoms with Gasteiger partial charge in [-0.15, -0.1) is 0 Å². The summed E-state index contributed by atoms with van der Waals surface area (Å²) in [6.45, 7) is 8.01. The predicted molar refractivity (Wildman–Crippen MR) is 117 cm³/mol. The second kappa shape index (κ2) is 8.84. The number of aromatic nitrogens is 2. The van der Waals surface area contributed by atoms with E-state index in [2.05, 4.69) is 4.98 Å². The summed E-state index contributed by atoms with van der Waals surface area (Å²) in [5, 5.41) is 20.0. The Bertz CT molecular complexity index is 1030. The van der Waals surface area contributed by atoms with E-state index >= 15 is 4.39 Å². The Morgan fingerprint density at radius 1 is 1.39 bits per heavy atom. The lowest BCUT2D eigenvalue weighted by Gasteiger charge is -2.42. The second-order valence-electron chi connectivity index (χ2n) is 9.52. The standard InChI is InChI=1S/C21H30FN4O6P/c1-12(2)26(13(3)4)33(30-9-5-7-23)32-21-11-14-10-20(14,29)18(21)31-17(16(21)22)25-8-6-15(27)24-19(25)28/h6,8,12-14,16-18,29H,5,9-11H2,1-4H3,(H,24,27,28)/t14-,16+,17+,18+,20+,21-,33?/m0/s1. The number of rotatable bonds is 9. The average Bonchev–Trinajstić information content (AvgIpc) is 3.18. The lowest BCUT2D eigenvalue weighted by Crippen LogP contribution is -2.50. The molecule has 10 nitrogen and oxygen atoms in total. The summed E-state index contributed by atoms with van der Waals surface area (Å²) >= 11 is 0. The molecule has 0 aromatic carbocycles. The fraction of sp³-hybridized carbons (Fsp3) is 0.762. The van der Waals surface area contributed by atoms with Gasteiger partial charge in [-0.1, -0.05) is 0 Å². The van der Waals surface area contributed by atoms with Gasteiger partial charge in [0.2, 0.25) is 0 Å². The summed E-state index contributed by atoms with van der Waals surface area (Å²) in [6, 6.07) is 3.16. The number of halogens is 1. The number of fused-ring (bicyclic) bond motifs is 3. The van der Waals surface area contributed by atoms with Gasteiger partial charge in [0.15, 0.2) is 12.4 Å². The minimum Gasteiger partial charge on any atom is -0.387 e. The minimum atomic E-state index is -1.81. The van der Waals surface area contributed by atoms with Crippen molar-refractivity contribution in [2.24, 2.45) is 5.92 Å². The van der Waals surface area contributed by atoms with Gasteiger partial charge in [-0.25, -0.2) is 13.9 Å². The number of ether oxygens (including phenoxy) is 1. The molecule has 2 aliphatic carbocycles. The molecule has 0 radical (unpaired) electrons. The number of nitrogens with one attached hydrogen (secondary N) is 1. The van der Waals surface area contributed by atoms with E-state index in [0.717, 1.165) is 10.6 Å². The number of hydrogen-bond acceptors (Lipinski definition) is 8. The van der Waals surface area contributed by atoms with Crippen LogP contribution in [0, 0.1) is 17.2 Å². The average molecular weight is 484 g/mol. The first-order chi connectivity index (χ1) is 15.5. The van der Waals surface area contributed by atoms with Crippen LogP contribution in [0.25, 0.3) is 0 Å². The topological polar surface area (TPSA) is 130 Å². The van der Waals surface area contributed by atoms with Crippen molar-refractivity contribution in [3.8, 4) is 6.07 Å². The highest BCUT2D eigenvalue weighted by Crippen LogP contribution is 2.70. The molecular formula is C21H30FN4O6P. The van der Waals surface area contributed by atoms with Crippen LogP contribution < -0.4 is 11.2 Å². The predicted octanol–water partition coefficient (Wildman–Crippen LogP) is 1.96. The molecule has 1 saturated heterocycles. The van der Waals surface area contributed by atoms with Gasteiger partial charge in [-0.2, -0.15) is 5.26 Å². The number of H-pyrrole nitrogens is 1. The van der Waals surface area contributed by atoms with Gasteiger partial charge in [-0.05, 0) is 46.5 Å². The van der Waals surface area contributed by atoms with Crippen LogP contribution in [0.1, 0.15) is 53.2 Å². The molecule has 1 aliphatic heterocycles. The maximum Gasteiger partial charge on any atom is 0.330 e. The summed E-state index contributed by atoms with van der Waals surface area (Å²) in [6.07, 6.45) is -2.15. The number of nitrogens with zero attached hydrogens (tertiary/aromatic N) is 3. The van der Waals surface area contributed by atoms with Crippen LogP contribution in [0.5, 0.6) is 0 Å². The Balaban J connectivity index is 1.70. The van der Waals surface area contributed by atoms with Crippen LogP contribution in [0.15, 0.2) is 21.9 Å². The quantitative estimate of drug-likeness (QED) is 0.402. The van der Waals surface area contributed by atoms with Gasteiger partial charge in [0.05, 0.1) is 24.7 Å². The molecule has 4 rings (SSSR count). The maximum atomic E-state index is 16.2. The van der Waals surface area contributed by atoms with Crippen molar-refractivity contribution >= 4 is 8.53 Å². The molecule has 0 spiro atoms. The molecule has 12 heteroatoms. The molecule has 0 bridgehead atoms. The Kier molecular flexibility index (Phi) is 6.55. The van der Waals surface area contributed by atoms with E-state index < -0.39 is 49.5 Å². The number of aromatic amines is 1. The van der Waals surface area contributed by atoms with E-state index in [0.29, 0.717) is 6.42 Å². The van der Waals surface area contributed by atoms with Gasteiger partial charge < -0.3 is 18.9 Å². The van der Waals surface area contributed by atoms with Gasteiger partial charge in [0.25, 0.3) is 14.1 Å². The summed E-state index contributed by atoms with van der Waals surface area (Å²) in [5.41, 5.74) is -4.17. The molecular weight excluding hydrogens is 454 g/mol. The second-order valence-corrected chi connectivity index (χ2v) is 10.9. The van der Waals surface area contributed by atoms with Crippen molar-refractivity contribution in [1.82, 2.24) is 14.2 Å². The van der Waals surface area contributed by atoms with Crippen LogP contribution in [0.3, 0.4) is 0 Å². The lowest BCUT2D eigenvalue weighted by molar-refractivity contribution is -0.103. The highest BCUT2D eigenvalue weighted by Gasteiger charge is 2.80. The molecule has 7 atom stereocenters. The third-order valence-electron chi connectivity index (χ3n) is 6.61. The van der Waals surface area contributed by atoms with Crippen molar-refractivity contribution in [2.75, 3.05) is 6.61 Å². The first-order valence-corrected chi connectivity index (χ1v) is 12.3. The zero-order valence-corrected chi connectivity index (χ0v) is 20.0. The summed E-state index contributed by atoms with van der Waals surface area (Å²) in [4.78, 5) is 25.9. The van der Waals surface area contributed by atoms with E-state index in [1.165, 1.54) is 6.20 Å². The van der Waals surface area contributed by atoms with Crippen LogP contribution >= 0.6 is 8.53 Å². The highest BCUT2D eigenvalue weighted by molar-refractivity contribution is 7.44. The number of aliphatic hydroxyl groups is 1. The molecule has 33 heavy (non-hydrogen) atoms. The molecule has 2 saturated carbocycles. The third-order valence-corrected chi connectivity index (χ3v) is 8.81. The largest absolute Gasteiger partial charge is 0.387 e. The first kappa shape index (κ1) is 24.5. The smallest absolute Gasteiger partial charge is 0.330 e. The number of nitriles is 1. The number of alkyl halides is 1. The van der Waals surface area contributed by atoms with Crippen molar-refractivity contribution in [3.05, 3.63) is 33.1 Å². The van der Waals surface area contributed by atoms with Crippen LogP contribution in [-0.2, 0) is 13.8 Å². The Morgan fingerprint density at radius 3 is 2.70 bits per heavy atom. The minimum absolute atomic E-state index is 0.00469. The van der Waals surface area contributed by atoms with Gasteiger partial charge in [0, 0.05) is 24.3 Å². The number of hydrogen-bond donors (Lipinski definition) is 2. The van der Waals surface area contributed by atoms with Crippen molar-refractivity contribution in [2.45, 2.75) is 88.7 Å². The van der Waals surface area contributed by atoms with Crippen molar-refractivity contribution < 1.29 is 23.3 Å². The lowest BCUT2D eigenvalue weighted by atomic mass is 9.91. The normalized spacial score (nSPS) is 35.6. The van der Waals surface area contributed by atoms with E-state index in [1.54, 1.807) is 0 Å². The zero-order valence-electron chi connectivity index (χ0n) is 19.1. The zero-order chi connectivity index (χ0) is 24.1. The molecule has 182 valence electrons. The monoisotopic (exact) mass is 484 g/mol. The van der Waals surface area contributed by atoms with E-state index in [-0.39, 0.29) is 37.5 Å². The SMILES string of the molecule is CC(C)N(C(C)C)P(OCCC#N)O[C@]12C[C@@H]3C[C@]3(O)[C@H]1O[C@@H](n1ccc(=O)[nH]c1=O)[C@H]2F. The maximum absolute atomic E-state index is 16.2. The van der Waals surface area contributed by atoms with Crippen molar-refractivity contribution in [3.63, 3.8) is 0 Å². The van der Waals surface area contributed by atoms with Crippen LogP contribution in [-0.4, -0.2) is 61.5 Å². The molecule has 1 aromatic heterocycles. The van der Waals surface area contributed by atoms with Crippen LogP contribution in [0.2, 0.25) is 0 Å². The Labute approximate surface area is 192 Å². The highest BCUT2D eigenvalue weighted by atomic mass is 31.2. The molecule has 1 unspecified atom stereocenters. The molecule has 2 N–H and O–H groups in total.